The Kier molecular flexibility index (Phi) is 3.62. The van der Waals surface area contributed by atoms with Crippen LogP contribution in [-0.4, -0.2) is 47.0 Å². The minimum atomic E-state index is -1.04. The van der Waals surface area contributed by atoms with Gasteiger partial charge in [-0.3, -0.25) is 14.5 Å². The lowest BCUT2D eigenvalue weighted by atomic mass is 10.1. The number of aliphatic carboxylic acids is 1. The van der Waals surface area contributed by atoms with Crippen molar-refractivity contribution in [2.24, 2.45) is 16.5 Å². The van der Waals surface area contributed by atoms with E-state index in [9.17, 15) is 9.59 Å². The maximum absolute atomic E-state index is 11.2. The standard InChI is InChI=1S/C8H14N4O3/c9-5(7(14)15)2-1-3-12-6(13)4-11-8(12)10/h5H,1-4,9H2,(H2,10,11)(H,14,15). The molecule has 0 aromatic rings. The summed E-state index contributed by atoms with van der Waals surface area (Å²) >= 11 is 0. The molecule has 5 N–H and O–H groups in total. The first-order valence-electron chi connectivity index (χ1n) is 4.61. The van der Waals surface area contributed by atoms with Gasteiger partial charge in [-0.2, -0.15) is 0 Å². The maximum atomic E-state index is 11.2. The van der Waals surface area contributed by atoms with Crippen LogP contribution >= 0.6 is 0 Å². The van der Waals surface area contributed by atoms with E-state index >= 15 is 0 Å². The van der Waals surface area contributed by atoms with Gasteiger partial charge in [-0.1, -0.05) is 0 Å². The van der Waals surface area contributed by atoms with Crippen LogP contribution in [0.15, 0.2) is 4.99 Å². The van der Waals surface area contributed by atoms with Crippen molar-refractivity contribution in [1.29, 1.82) is 0 Å². The summed E-state index contributed by atoms with van der Waals surface area (Å²) in [6, 6.07) is -0.888. The fourth-order valence-electron chi connectivity index (χ4n) is 1.28. The zero-order chi connectivity index (χ0) is 11.4. The molecule has 0 aromatic heterocycles. The highest BCUT2D eigenvalue weighted by atomic mass is 16.4. The van der Waals surface area contributed by atoms with E-state index in [1.807, 2.05) is 0 Å². The maximum Gasteiger partial charge on any atom is 0.320 e. The molecule has 0 radical (unpaired) electrons. The van der Waals surface area contributed by atoms with Crippen molar-refractivity contribution in [3.63, 3.8) is 0 Å². The molecule has 0 aliphatic carbocycles. The van der Waals surface area contributed by atoms with E-state index in [1.54, 1.807) is 0 Å². The van der Waals surface area contributed by atoms with Gasteiger partial charge in [0.15, 0.2) is 5.96 Å². The predicted molar refractivity (Wildman–Crippen MR) is 53.0 cm³/mol. The van der Waals surface area contributed by atoms with Crippen molar-refractivity contribution >= 4 is 17.8 Å². The first-order chi connectivity index (χ1) is 7.02. The van der Waals surface area contributed by atoms with E-state index in [4.69, 9.17) is 16.6 Å². The number of hydrogen-bond acceptors (Lipinski definition) is 5. The molecule has 0 bridgehead atoms. The number of hydrogen-bond donors (Lipinski definition) is 3. The van der Waals surface area contributed by atoms with Crippen LogP contribution in [0.1, 0.15) is 12.8 Å². The highest BCUT2D eigenvalue weighted by molar-refractivity contribution is 6.02. The summed E-state index contributed by atoms with van der Waals surface area (Å²) in [5, 5.41) is 8.52. The van der Waals surface area contributed by atoms with Crippen LogP contribution in [-0.2, 0) is 9.59 Å². The second-order valence-electron chi connectivity index (χ2n) is 3.31. The average molecular weight is 214 g/mol. The van der Waals surface area contributed by atoms with Crippen molar-refractivity contribution < 1.29 is 14.7 Å². The number of carbonyl (C=O) groups is 2. The number of carboxylic acid groups (broad SMARTS) is 1. The van der Waals surface area contributed by atoms with Crippen LogP contribution < -0.4 is 11.5 Å². The molecular formula is C8H14N4O3. The molecule has 1 heterocycles. The molecule has 7 nitrogen and oxygen atoms in total. The smallest absolute Gasteiger partial charge is 0.320 e. The third-order valence-electron chi connectivity index (χ3n) is 2.17. The van der Waals surface area contributed by atoms with Gasteiger partial charge in [0.25, 0.3) is 5.91 Å². The number of aliphatic imine (C=N–C) groups is 1. The number of carbonyl (C=O) groups excluding carboxylic acids is 1. The molecule has 0 saturated heterocycles. The van der Waals surface area contributed by atoms with Crippen molar-refractivity contribution in [2.75, 3.05) is 13.1 Å². The van der Waals surface area contributed by atoms with Crippen molar-refractivity contribution in [3.8, 4) is 0 Å². The number of amides is 1. The van der Waals surface area contributed by atoms with Crippen LogP contribution in [0.5, 0.6) is 0 Å². The van der Waals surface area contributed by atoms with Crippen LogP contribution in [0.4, 0.5) is 0 Å². The van der Waals surface area contributed by atoms with Gasteiger partial charge in [-0.15, -0.1) is 0 Å². The molecule has 7 heteroatoms. The first kappa shape index (κ1) is 11.4. The molecule has 1 aliphatic rings. The minimum absolute atomic E-state index is 0.0802. The summed E-state index contributed by atoms with van der Waals surface area (Å²) in [5.74, 6) is -0.996. The number of carboxylic acids is 1. The van der Waals surface area contributed by atoms with Crippen LogP contribution in [0.3, 0.4) is 0 Å². The zero-order valence-electron chi connectivity index (χ0n) is 8.22. The fraction of sp³-hybridized carbons (Fsp3) is 0.625. The van der Waals surface area contributed by atoms with Gasteiger partial charge in [0.2, 0.25) is 0 Å². The van der Waals surface area contributed by atoms with Crippen LogP contribution in [0.2, 0.25) is 0 Å². The summed E-state index contributed by atoms with van der Waals surface area (Å²) in [6.07, 6.45) is 0.807. The monoisotopic (exact) mass is 214 g/mol. The molecule has 1 aliphatic heterocycles. The van der Waals surface area contributed by atoms with Gasteiger partial charge in [0, 0.05) is 6.54 Å². The molecule has 15 heavy (non-hydrogen) atoms. The van der Waals surface area contributed by atoms with E-state index in [2.05, 4.69) is 4.99 Å². The highest BCUT2D eigenvalue weighted by Gasteiger charge is 2.22. The zero-order valence-corrected chi connectivity index (χ0v) is 8.22. The molecule has 0 saturated carbocycles. The molecule has 0 aromatic carbocycles. The number of guanidine groups is 1. The molecule has 1 rings (SSSR count). The third-order valence-corrected chi connectivity index (χ3v) is 2.17. The Morgan fingerprint density at radius 2 is 2.33 bits per heavy atom. The molecular weight excluding hydrogens is 200 g/mol. The second-order valence-corrected chi connectivity index (χ2v) is 3.31. The fourth-order valence-corrected chi connectivity index (χ4v) is 1.28. The average Bonchev–Trinajstić information content (AvgIpc) is 2.48. The van der Waals surface area contributed by atoms with Crippen molar-refractivity contribution in [3.05, 3.63) is 0 Å². The predicted octanol–water partition coefficient (Wildman–Crippen LogP) is -1.66. The summed E-state index contributed by atoms with van der Waals surface area (Å²) in [4.78, 5) is 26.7. The Balaban J connectivity index is 2.29. The molecule has 84 valence electrons. The van der Waals surface area contributed by atoms with Gasteiger partial charge >= 0.3 is 5.97 Å². The van der Waals surface area contributed by atoms with Crippen molar-refractivity contribution in [1.82, 2.24) is 4.90 Å². The number of rotatable bonds is 5. The number of nitrogens with zero attached hydrogens (tertiary/aromatic N) is 2. The molecule has 0 spiro atoms. The van der Waals surface area contributed by atoms with Gasteiger partial charge in [0.05, 0.1) is 0 Å². The Morgan fingerprint density at radius 1 is 1.67 bits per heavy atom. The summed E-state index contributed by atoms with van der Waals surface area (Å²) in [6.45, 7) is 0.450. The second kappa shape index (κ2) is 4.74. The minimum Gasteiger partial charge on any atom is -0.480 e. The Morgan fingerprint density at radius 3 is 2.80 bits per heavy atom. The Bertz CT molecular complexity index is 302. The molecule has 0 fully saturated rings. The van der Waals surface area contributed by atoms with Crippen LogP contribution in [0.25, 0.3) is 0 Å². The first-order valence-corrected chi connectivity index (χ1v) is 4.61. The summed E-state index contributed by atoms with van der Waals surface area (Å²) in [7, 11) is 0. The molecule has 1 unspecified atom stereocenters. The largest absolute Gasteiger partial charge is 0.480 e. The Hall–Kier alpha value is -1.63. The van der Waals surface area contributed by atoms with E-state index in [0.29, 0.717) is 19.4 Å². The lowest BCUT2D eigenvalue weighted by Crippen LogP contribution is -2.39. The third kappa shape index (κ3) is 2.91. The van der Waals surface area contributed by atoms with Crippen molar-refractivity contribution in [2.45, 2.75) is 18.9 Å². The summed E-state index contributed by atoms with van der Waals surface area (Å²) in [5.41, 5.74) is 10.8. The Labute approximate surface area is 86.7 Å². The normalized spacial score (nSPS) is 17.8. The topological polar surface area (TPSA) is 122 Å². The SMILES string of the molecule is NC1=NCC(=O)N1CCCC(N)C(=O)O. The van der Waals surface area contributed by atoms with Gasteiger partial charge in [-0.05, 0) is 12.8 Å². The van der Waals surface area contributed by atoms with E-state index in [0.717, 1.165) is 0 Å². The quantitative estimate of drug-likeness (QED) is 0.505. The van der Waals surface area contributed by atoms with Gasteiger partial charge in [-0.25, -0.2) is 4.99 Å². The highest BCUT2D eigenvalue weighted by Crippen LogP contribution is 2.03. The van der Waals surface area contributed by atoms with Crippen LogP contribution in [0, 0.1) is 0 Å². The molecule has 1 amide bonds. The lowest BCUT2D eigenvalue weighted by Gasteiger charge is -2.15. The van der Waals surface area contributed by atoms with E-state index in [1.165, 1.54) is 4.90 Å². The summed E-state index contributed by atoms with van der Waals surface area (Å²) < 4.78 is 0. The molecule has 1 atom stereocenters. The van der Waals surface area contributed by atoms with Gasteiger partial charge < -0.3 is 16.6 Å². The number of nitrogens with two attached hydrogens (primary N) is 2. The van der Waals surface area contributed by atoms with E-state index in [-0.39, 0.29) is 18.4 Å². The van der Waals surface area contributed by atoms with E-state index < -0.39 is 12.0 Å². The lowest BCUT2D eigenvalue weighted by molar-refractivity contribution is -0.138. The van der Waals surface area contributed by atoms with Gasteiger partial charge in [0.1, 0.15) is 12.6 Å².